The van der Waals surface area contributed by atoms with Crippen LogP contribution in [-0.2, 0) is 0 Å². The molecule has 3 aliphatic rings. The highest BCUT2D eigenvalue weighted by molar-refractivity contribution is 5.76. The number of rotatable bonds is 8. The van der Waals surface area contributed by atoms with Crippen molar-refractivity contribution in [3.8, 4) is 78.9 Å². The van der Waals surface area contributed by atoms with E-state index in [0.717, 1.165) is 85.7 Å². The Kier molecular flexibility index (Phi) is 7.61. The summed E-state index contributed by atoms with van der Waals surface area (Å²) < 4.78 is 0. The van der Waals surface area contributed by atoms with Crippen molar-refractivity contribution >= 4 is 0 Å². The maximum absolute atomic E-state index is 5.22. The van der Waals surface area contributed by atoms with Gasteiger partial charge in [-0.05, 0) is 77.3 Å². The van der Waals surface area contributed by atoms with E-state index in [9.17, 15) is 0 Å². The SMILES string of the molecule is c1ccc(-c2ccc(-c3cc(-c4ccccc4)nc(-c4ccc(-c5cc(-c6ccccc6)nc(-c6cccc(C7C8CC9CC7C98)c6)n5)cc4)n3)cc2)cc1. The van der Waals surface area contributed by atoms with Crippen molar-refractivity contribution in [3.63, 3.8) is 0 Å². The summed E-state index contributed by atoms with van der Waals surface area (Å²) in [6.45, 7) is 0. The minimum Gasteiger partial charge on any atom is -0.228 e. The first-order chi connectivity index (χ1) is 27.2. The van der Waals surface area contributed by atoms with Gasteiger partial charge in [-0.1, -0.05) is 158 Å². The zero-order valence-corrected chi connectivity index (χ0v) is 30.3. The first-order valence-electron chi connectivity index (χ1n) is 19.5. The molecule has 2 heterocycles. The molecule has 0 spiro atoms. The highest BCUT2D eigenvalue weighted by Gasteiger charge is 2.67. The molecule has 0 N–H and O–H groups in total. The van der Waals surface area contributed by atoms with Gasteiger partial charge < -0.3 is 0 Å². The highest BCUT2D eigenvalue weighted by Crippen LogP contribution is 2.75. The van der Waals surface area contributed by atoms with Gasteiger partial charge in [0.05, 0.1) is 22.8 Å². The molecule has 3 fully saturated rings. The smallest absolute Gasteiger partial charge is 0.160 e. The maximum atomic E-state index is 5.22. The van der Waals surface area contributed by atoms with Gasteiger partial charge in [0.15, 0.2) is 11.6 Å². The average molecular weight is 707 g/mol. The van der Waals surface area contributed by atoms with E-state index in [-0.39, 0.29) is 0 Å². The van der Waals surface area contributed by atoms with E-state index in [1.54, 1.807) is 0 Å². The summed E-state index contributed by atoms with van der Waals surface area (Å²) in [6.07, 6.45) is 2.84. The lowest BCUT2D eigenvalue weighted by atomic mass is 9.31. The van der Waals surface area contributed by atoms with E-state index in [1.807, 2.05) is 18.2 Å². The Morgan fingerprint density at radius 3 is 1.18 bits per heavy atom. The van der Waals surface area contributed by atoms with Crippen LogP contribution >= 0.6 is 0 Å². The topological polar surface area (TPSA) is 51.6 Å². The highest BCUT2D eigenvalue weighted by atomic mass is 14.9. The van der Waals surface area contributed by atoms with Gasteiger partial charge in [0, 0.05) is 33.4 Å². The second kappa shape index (κ2) is 13.1. The number of hydrogen-bond donors (Lipinski definition) is 0. The molecule has 262 valence electrons. The lowest BCUT2D eigenvalue weighted by Crippen LogP contribution is -2.65. The lowest BCUT2D eigenvalue weighted by molar-refractivity contribution is -0.214. The summed E-state index contributed by atoms with van der Waals surface area (Å²) >= 11 is 0. The quantitative estimate of drug-likeness (QED) is 0.158. The van der Waals surface area contributed by atoms with Crippen LogP contribution in [0.5, 0.6) is 0 Å². The minimum atomic E-state index is 0.683. The van der Waals surface area contributed by atoms with Crippen LogP contribution in [0.4, 0.5) is 0 Å². The third-order valence-corrected chi connectivity index (χ3v) is 12.5. The Labute approximate surface area is 321 Å². The molecule has 0 aliphatic heterocycles. The Bertz CT molecular complexity index is 2640. The van der Waals surface area contributed by atoms with Gasteiger partial charge >= 0.3 is 0 Å². The molecule has 55 heavy (non-hydrogen) atoms. The van der Waals surface area contributed by atoms with E-state index in [2.05, 4.69) is 158 Å². The van der Waals surface area contributed by atoms with Gasteiger partial charge in [0.25, 0.3) is 0 Å². The molecule has 0 amide bonds. The molecule has 0 saturated heterocycles. The maximum Gasteiger partial charge on any atom is 0.160 e. The van der Waals surface area contributed by atoms with Crippen LogP contribution in [0.15, 0.2) is 176 Å². The van der Waals surface area contributed by atoms with Crippen LogP contribution in [-0.4, -0.2) is 19.9 Å². The van der Waals surface area contributed by atoms with Crippen molar-refractivity contribution in [2.45, 2.75) is 18.8 Å². The third kappa shape index (κ3) is 5.68. The second-order valence-corrected chi connectivity index (χ2v) is 15.5. The normalized spacial score (nSPS) is 20.4. The minimum absolute atomic E-state index is 0.683. The Balaban J connectivity index is 0.955. The summed E-state index contributed by atoms with van der Waals surface area (Å²) in [6, 6.07) is 61.6. The fraction of sp³-hybridized carbons (Fsp3) is 0.137. The number of hydrogen-bond acceptors (Lipinski definition) is 4. The molecule has 2 unspecified atom stereocenters. The molecular weight excluding hydrogens is 669 g/mol. The number of benzene rings is 6. The summed E-state index contributed by atoms with van der Waals surface area (Å²) in [7, 11) is 0. The van der Waals surface area contributed by atoms with E-state index in [4.69, 9.17) is 19.9 Å². The molecule has 0 bridgehead atoms. The van der Waals surface area contributed by atoms with Crippen molar-refractivity contribution < 1.29 is 0 Å². The summed E-state index contributed by atoms with van der Waals surface area (Å²) in [5.41, 5.74) is 13.6. The standard InChI is InChI=1S/C51H38N4/c1-4-11-32(12-5-1)33-19-21-36(22-20-33)46-30-44(34-13-6-2-7-14-34)52-50(53-46)38-25-23-37(24-26-38)47-31-45(35-15-8-3-9-16-35)54-51(55-47)40-18-10-17-39(27-40)48-42-28-41-29-43(48)49(41)42/h1-27,30-31,41-43,48-49H,28-29H2. The molecule has 0 radical (unpaired) electrons. The first-order valence-corrected chi connectivity index (χ1v) is 19.5. The molecule has 3 aliphatic carbocycles. The summed E-state index contributed by atoms with van der Waals surface area (Å²) in [4.78, 5) is 20.6. The van der Waals surface area contributed by atoms with Crippen LogP contribution in [0.1, 0.15) is 24.3 Å². The molecule has 6 aromatic carbocycles. The molecule has 4 nitrogen and oxygen atoms in total. The molecule has 8 aromatic rings. The second-order valence-electron chi connectivity index (χ2n) is 15.5. The van der Waals surface area contributed by atoms with E-state index >= 15 is 0 Å². The summed E-state index contributed by atoms with van der Waals surface area (Å²) in [5, 5.41) is 0. The van der Waals surface area contributed by atoms with Crippen molar-refractivity contribution in [1.82, 2.24) is 19.9 Å². The number of nitrogens with zero attached hydrogens (tertiary/aromatic N) is 4. The van der Waals surface area contributed by atoms with E-state index < -0.39 is 0 Å². The van der Waals surface area contributed by atoms with Gasteiger partial charge in [-0.3, -0.25) is 0 Å². The van der Waals surface area contributed by atoms with Crippen LogP contribution in [0.2, 0.25) is 0 Å². The summed E-state index contributed by atoms with van der Waals surface area (Å²) in [5.74, 6) is 5.95. The van der Waals surface area contributed by atoms with E-state index in [1.165, 1.54) is 29.5 Å². The molecule has 4 heteroatoms. The van der Waals surface area contributed by atoms with Gasteiger partial charge in [-0.2, -0.15) is 0 Å². The van der Waals surface area contributed by atoms with Gasteiger partial charge in [-0.25, -0.2) is 19.9 Å². The van der Waals surface area contributed by atoms with Gasteiger partial charge in [0.1, 0.15) is 0 Å². The molecule has 2 atom stereocenters. The average Bonchev–Trinajstić information content (AvgIpc) is 3.27. The number of aromatic nitrogens is 4. The fourth-order valence-electron chi connectivity index (χ4n) is 9.59. The van der Waals surface area contributed by atoms with Gasteiger partial charge in [0.2, 0.25) is 0 Å². The van der Waals surface area contributed by atoms with Crippen molar-refractivity contribution in [2.75, 3.05) is 0 Å². The molecule has 2 aromatic heterocycles. The Morgan fingerprint density at radius 1 is 0.327 bits per heavy atom. The fourth-order valence-corrected chi connectivity index (χ4v) is 9.59. The van der Waals surface area contributed by atoms with Gasteiger partial charge in [-0.15, -0.1) is 0 Å². The lowest BCUT2D eigenvalue weighted by Gasteiger charge is -2.73. The molecule has 11 rings (SSSR count). The Hall–Kier alpha value is -6.52. The van der Waals surface area contributed by atoms with Crippen LogP contribution in [0.3, 0.4) is 0 Å². The predicted octanol–water partition coefficient (Wildman–Crippen LogP) is 12.3. The monoisotopic (exact) mass is 706 g/mol. The zero-order valence-electron chi connectivity index (χ0n) is 30.3. The molecular formula is C51H38N4. The van der Waals surface area contributed by atoms with Crippen molar-refractivity contribution in [2.24, 2.45) is 23.7 Å². The third-order valence-electron chi connectivity index (χ3n) is 12.5. The van der Waals surface area contributed by atoms with E-state index in [0.29, 0.717) is 11.7 Å². The van der Waals surface area contributed by atoms with Crippen molar-refractivity contribution in [1.29, 1.82) is 0 Å². The van der Waals surface area contributed by atoms with Crippen LogP contribution in [0.25, 0.3) is 78.9 Å². The molecule has 3 saturated carbocycles. The van der Waals surface area contributed by atoms with Crippen molar-refractivity contribution in [3.05, 3.63) is 181 Å². The predicted molar refractivity (Wildman–Crippen MR) is 222 cm³/mol. The zero-order chi connectivity index (χ0) is 36.3. The largest absolute Gasteiger partial charge is 0.228 e. The van der Waals surface area contributed by atoms with Crippen LogP contribution in [0, 0.1) is 23.7 Å². The van der Waals surface area contributed by atoms with Crippen LogP contribution < -0.4 is 0 Å². The Morgan fingerprint density at radius 2 is 0.709 bits per heavy atom. The first kappa shape index (κ1) is 32.0.